The maximum atomic E-state index is 10.8. The smallest absolute Gasteiger partial charge is 0.303 e. The zero-order chi connectivity index (χ0) is 16.9. The van der Waals surface area contributed by atoms with Gasteiger partial charge in [-0.05, 0) is 37.3 Å². The maximum Gasteiger partial charge on any atom is 0.303 e. The van der Waals surface area contributed by atoms with Crippen LogP contribution in [-0.2, 0) is 17.8 Å². The lowest BCUT2D eigenvalue weighted by atomic mass is 9.86. The van der Waals surface area contributed by atoms with Gasteiger partial charge in [0.15, 0.2) is 5.65 Å². The zero-order valence-electron chi connectivity index (χ0n) is 14.5. The Labute approximate surface area is 143 Å². The van der Waals surface area contributed by atoms with Crippen LogP contribution in [0.1, 0.15) is 62.8 Å². The van der Waals surface area contributed by atoms with E-state index < -0.39 is 5.97 Å². The van der Waals surface area contributed by atoms with Gasteiger partial charge in [0.1, 0.15) is 11.3 Å². The predicted molar refractivity (Wildman–Crippen MR) is 94.0 cm³/mol. The summed E-state index contributed by atoms with van der Waals surface area (Å²) in [6.45, 7) is 2.70. The molecule has 1 aliphatic rings. The monoisotopic (exact) mass is 329 g/mol. The highest BCUT2D eigenvalue weighted by atomic mass is 16.4. The lowest BCUT2D eigenvalue weighted by Gasteiger charge is -2.21. The number of rotatable bonds is 7. The fourth-order valence-corrected chi connectivity index (χ4v) is 3.78. The molecule has 1 N–H and O–H groups in total. The molecule has 0 saturated heterocycles. The number of nitrogens with zero attached hydrogens (tertiary/aromatic N) is 3. The lowest BCUT2D eigenvalue weighted by molar-refractivity contribution is -0.137. The van der Waals surface area contributed by atoms with Gasteiger partial charge in [-0.2, -0.15) is 0 Å². The molecule has 0 aromatic carbocycles. The van der Waals surface area contributed by atoms with E-state index in [1.807, 2.05) is 13.1 Å². The predicted octanol–water partition coefficient (Wildman–Crippen LogP) is 4.12. The molecule has 0 amide bonds. The molecule has 2 aromatic rings. The number of aliphatic carboxylic acids is 1. The Bertz CT molecular complexity index is 702. The summed E-state index contributed by atoms with van der Waals surface area (Å²) in [6, 6.07) is 2.07. The van der Waals surface area contributed by atoms with Crippen LogP contribution in [0.15, 0.2) is 12.3 Å². The summed E-state index contributed by atoms with van der Waals surface area (Å²) in [5, 5.41) is 8.89. The second-order valence-corrected chi connectivity index (χ2v) is 7.08. The third-order valence-corrected chi connectivity index (χ3v) is 5.07. The third kappa shape index (κ3) is 4.13. The summed E-state index contributed by atoms with van der Waals surface area (Å²) in [5.41, 5.74) is 2.94. The Kier molecular flexibility index (Phi) is 5.48. The van der Waals surface area contributed by atoms with Gasteiger partial charge in [-0.25, -0.2) is 9.97 Å². The van der Waals surface area contributed by atoms with Crippen molar-refractivity contribution in [1.29, 1.82) is 0 Å². The van der Waals surface area contributed by atoms with Gasteiger partial charge in [-0.1, -0.05) is 32.1 Å². The molecule has 0 atom stereocenters. The van der Waals surface area contributed by atoms with Crippen LogP contribution in [0.2, 0.25) is 0 Å². The van der Waals surface area contributed by atoms with Gasteiger partial charge in [0.05, 0.1) is 0 Å². The van der Waals surface area contributed by atoms with Gasteiger partial charge in [-0.3, -0.25) is 4.79 Å². The van der Waals surface area contributed by atoms with Crippen molar-refractivity contribution in [2.24, 2.45) is 5.92 Å². The van der Waals surface area contributed by atoms with Crippen LogP contribution in [0.4, 0.5) is 0 Å². The Morgan fingerprint density at radius 1 is 1.33 bits per heavy atom. The molecule has 1 saturated carbocycles. The van der Waals surface area contributed by atoms with Crippen molar-refractivity contribution in [2.45, 2.75) is 71.3 Å². The summed E-state index contributed by atoms with van der Waals surface area (Å²) >= 11 is 0. The minimum atomic E-state index is -0.744. The van der Waals surface area contributed by atoms with Crippen molar-refractivity contribution in [3.63, 3.8) is 0 Å². The van der Waals surface area contributed by atoms with E-state index in [4.69, 9.17) is 10.1 Å². The standard InChI is InChI=1S/C19H27N3O2/c1-14-12-16-19(20-13-14)22(11-5-8-18(23)24)17(21-16)10-9-15-6-3-2-4-7-15/h12-13,15H,2-11H2,1H3,(H,23,24). The number of aryl methyl sites for hydroxylation is 3. The molecule has 3 rings (SSSR count). The van der Waals surface area contributed by atoms with Crippen LogP contribution >= 0.6 is 0 Å². The third-order valence-electron chi connectivity index (χ3n) is 5.07. The van der Waals surface area contributed by atoms with Crippen LogP contribution in [0, 0.1) is 12.8 Å². The summed E-state index contributed by atoms with van der Waals surface area (Å²) in [7, 11) is 0. The van der Waals surface area contributed by atoms with Crippen LogP contribution in [0.3, 0.4) is 0 Å². The molecule has 5 nitrogen and oxygen atoms in total. The second-order valence-electron chi connectivity index (χ2n) is 7.08. The number of pyridine rings is 1. The van der Waals surface area contributed by atoms with E-state index in [0.29, 0.717) is 13.0 Å². The molecule has 130 valence electrons. The molecule has 0 unspecified atom stereocenters. The first kappa shape index (κ1) is 16.9. The number of carbonyl (C=O) groups is 1. The van der Waals surface area contributed by atoms with E-state index >= 15 is 0 Å². The van der Waals surface area contributed by atoms with Gasteiger partial charge in [0, 0.05) is 25.6 Å². The normalized spacial score (nSPS) is 15.9. The van der Waals surface area contributed by atoms with Crippen molar-refractivity contribution in [2.75, 3.05) is 0 Å². The first-order valence-electron chi connectivity index (χ1n) is 9.17. The molecule has 5 heteroatoms. The molecule has 1 aliphatic carbocycles. The first-order chi connectivity index (χ1) is 11.6. The molecule has 2 aromatic heterocycles. The number of fused-ring (bicyclic) bond motifs is 1. The van der Waals surface area contributed by atoms with E-state index in [-0.39, 0.29) is 6.42 Å². The number of imidazole rings is 1. The Balaban J connectivity index is 1.77. The fraction of sp³-hybridized carbons (Fsp3) is 0.632. The number of hydrogen-bond acceptors (Lipinski definition) is 3. The molecular weight excluding hydrogens is 302 g/mol. The first-order valence-corrected chi connectivity index (χ1v) is 9.17. The van der Waals surface area contributed by atoms with E-state index in [1.54, 1.807) is 0 Å². The molecule has 0 aliphatic heterocycles. The average Bonchev–Trinajstić information content (AvgIpc) is 2.90. The minimum Gasteiger partial charge on any atom is -0.481 e. The highest BCUT2D eigenvalue weighted by Gasteiger charge is 2.17. The van der Waals surface area contributed by atoms with E-state index in [9.17, 15) is 4.79 Å². The van der Waals surface area contributed by atoms with Crippen LogP contribution in [0.5, 0.6) is 0 Å². The highest BCUT2D eigenvalue weighted by Crippen LogP contribution is 2.28. The topological polar surface area (TPSA) is 68.0 Å². The molecular formula is C19H27N3O2. The van der Waals surface area contributed by atoms with Crippen molar-refractivity contribution >= 4 is 17.1 Å². The van der Waals surface area contributed by atoms with Crippen LogP contribution in [-0.4, -0.2) is 25.6 Å². The number of hydrogen-bond donors (Lipinski definition) is 1. The van der Waals surface area contributed by atoms with Gasteiger partial charge in [0.25, 0.3) is 0 Å². The van der Waals surface area contributed by atoms with Gasteiger partial charge in [-0.15, -0.1) is 0 Å². The van der Waals surface area contributed by atoms with Crippen molar-refractivity contribution in [3.8, 4) is 0 Å². The van der Waals surface area contributed by atoms with E-state index in [0.717, 1.165) is 34.9 Å². The van der Waals surface area contributed by atoms with Crippen LogP contribution in [0.25, 0.3) is 11.2 Å². The number of carboxylic acids is 1. The minimum absolute atomic E-state index is 0.188. The van der Waals surface area contributed by atoms with Gasteiger partial charge >= 0.3 is 5.97 Å². The molecule has 0 spiro atoms. The van der Waals surface area contributed by atoms with Gasteiger partial charge in [0.2, 0.25) is 0 Å². The Morgan fingerprint density at radius 2 is 2.12 bits per heavy atom. The van der Waals surface area contributed by atoms with Crippen LogP contribution < -0.4 is 0 Å². The SMILES string of the molecule is Cc1cnc2c(c1)nc(CCC1CCCCC1)n2CCCC(=O)O. The van der Waals surface area contributed by atoms with Gasteiger partial charge < -0.3 is 9.67 Å². The van der Waals surface area contributed by atoms with Crippen molar-refractivity contribution in [3.05, 3.63) is 23.7 Å². The van der Waals surface area contributed by atoms with Crippen molar-refractivity contribution < 1.29 is 9.90 Å². The Morgan fingerprint density at radius 3 is 2.88 bits per heavy atom. The molecule has 0 radical (unpaired) electrons. The van der Waals surface area contributed by atoms with E-state index in [2.05, 4.69) is 15.6 Å². The summed E-state index contributed by atoms with van der Waals surface area (Å²) in [4.78, 5) is 20.2. The summed E-state index contributed by atoms with van der Waals surface area (Å²) in [6.07, 6.45) is 11.6. The summed E-state index contributed by atoms with van der Waals surface area (Å²) in [5.74, 6) is 1.15. The molecule has 1 fully saturated rings. The fourth-order valence-electron chi connectivity index (χ4n) is 3.78. The number of carboxylic acid groups (broad SMARTS) is 1. The van der Waals surface area contributed by atoms with Crippen molar-refractivity contribution in [1.82, 2.24) is 14.5 Å². The highest BCUT2D eigenvalue weighted by molar-refractivity contribution is 5.72. The number of aromatic nitrogens is 3. The largest absolute Gasteiger partial charge is 0.481 e. The molecule has 2 heterocycles. The maximum absolute atomic E-state index is 10.8. The lowest BCUT2D eigenvalue weighted by Crippen LogP contribution is -2.11. The Hall–Kier alpha value is -1.91. The molecule has 0 bridgehead atoms. The zero-order valence-corrected chi connectivity index (χ0v) is 14.5. The second kappa shape index (κ2) is 7.77. The molecule has 24 heavy (non-hydrogen) atoms. The summed E-state index contributed by atoms with van der Waals surface area (Å²) < 4.78 is 2.14. The quantitative estimate of drug-likeness (QED) is 0.830. The average molecular weight is 329 g/mol. The van der Waals surface area contributed by atoms with E-state index in [1.165, 1.54) is 38.5 Å².